The van der Waals surface area contributed by atoms with Gasteiger partial charge in [-0.25, -0.2) is 0 Å². The molecule has 2 aliphatic rings. The maximum atomic E-state index is 6.49. The second kappa shape index (κ2) is 6.13. The van der Waals surface area contributed by atoms with Crippen molar-refractivity contribution in [1.82, 2.24) is 0 Å². The number of fused-ring (bicyclic) bond motifs is 1. The fourth-order valence-electron chi connectivity index (χ4n) is 3.36. The molecule has 0 spiro atoms. The minimum atomic E-state index is -0.313. The van der Waals surface area contributed by atoms with Gasteiger partial charge in [-0.2, -0.15) is 0 Å². The smallest absolute Gasteiger partial charge is 0.125 e. The lowest BCUT2D eigenvalue weighted by atomic mass is 9.83. The predicted molar refractivity (Wildman–Crippen MR) is 82.1 cm³/mol. The summed E-state index contributed by atoms with van der Waals surface area (Å²) in [5.41, 5.74) is 8.45. The van der Waals surface area contributed by atoms with Gasteiger partial charge in [-0.15, -0.1) is 0 Å². The van der Waals surface area contributed by atoms with E-state index >= 15 is 0 Å². The number of hydrogen-bond donors (Lipinski definition) is 1. The number of benzene rings is 1. The molecular formula is C16H22ClNO3. The van der Waals surface area contributed by atoms with Gasteiger partial charge in [0.1, 0.15) is 5.75 Å². The first kappa shape index (κ1) is 15.1. The van der Waals surface area contributed by atoms with Crippen LogP contribution in [0, 0.1) is 0 Å². The van der Waals surface area contributed by atoms with Crippen LogP contribution < -0.4 is 10.5 Å². The average Bonchev–Trinajstić information content (AvgIpc) is 2.96. The highest BCUT2D eigenvalue weighted by atomic mass is 35.5. The number of nitrogens with two attached hydrogens (primary N) is 1. The lowest BCUT2D eigenvalue weighted by molar-refractivity contribution is -0.103. The summed E-state index contributed by atoms with van der Waals surface area (Å²) in [4.78, 5) is 0. The molecule has 1 aromatic rings. The van der Waals surface area contributed by atoms with Crippen molar-refractivity contribution in [3.8, 4) is 5.75 Å². The quantitative estimate of drug-likeness (QED) is 0.927. The maximum Gasteiger partial charge on any atom is 0.125 e. The summed E-state index contributed by atoms with van der Waals surface area (Å²) in [6.45, 7) is 2.12. The first-order chi connectivity index (χ1) is 10.1. The minimum Gasteiger partial charge on any atom is -0.493 e. The molecule has 0 aromatic heterocycles. The zero-order valence-electron chi connectivity index (χ0n) is 12.4. The molecule has 2 N–H and O–H groups in total. The Balaban J connectivity index is 1.83. The van der Waals surface area contributed by atoms with E-state index in [1.54, 1.807) is 7.11 Å². The van der Waals surface area contributed by atoms with E-state index in [1.807, 2.05) is 12.1 Å². The summed E-state index contributed by atoms with van der Waals surface area (Å²) in [6.07, 6.45) is 3.28. The lowest BCUT2D eigenvalue weighted by Gasteiger charge is -2.40. The molecule has 0 saturated carbocycles. The molecule has 116 valence electrons. The molecular weight excluding hydrogens is 290 g/mol. The van der Waals surface area contributed by atoms with Crippen LogP contribution in [0.2, 0.25) is 5.02 Å². The van der Waals surface area contributed by atoms with Crippen LogP contribution in [0.4, 0.5) is 0 Å². The van der Waals surface area contributed by atoms with Gasteiger partial charge in [0.2, 0.25) is 0 Å². The van der Waals surface area contributed by atoms with Gasteiger partial charge in [-0.3, -0.25) is 0 Å². The first-order valence-electron chi connectivity index (χ1n) is 7.47. The van der Waals surface area contributed by atoms with Crippen LogP contribution in [0.25, 0.3) is 0 Å². The van der Waals surface area contributed by atoms with Crippen molar-refractivity contribution in [3.05, 3.63) is 28.3 Å². The summed E-state index contributed by atoms with van der Waals surface area (Å²) in [7, 11) is 1.74. The molecule has 1 saturated heterocycles. The van der Waals surface area contributed by atoms with E-state index in [-0.39, 0.29) is 11.6 Å². The van der Waals surface area contributed by atoms with Gasteiger partial charge in [0.25, 0.3) is 0 Å². The third-order valence-electron chi connectivity index (χ3n) is 4.69. The van der Waals surface area contributed by atoms with Crippen LogP contribution in [-0.4, -0.2) is 38.6 Å². The molecule has 21 heavy (non-hydrogen) atoms. The fourth-order valence-corrected chi connectivity index (χ4v) is 3.63. The summed E-state index contributed by atoms with van der Waals surface area (Å²) in [5.74, 6) is 0.966. The van der Waals surface area contributed by atoms with Crippen molar-refractivity contribution >= 4 is 11.6 Å². The van der Waals surface area contributed by atoms with Gasteiger partial charge >= 0.3 is 0 Å². The van der Waals surface area contributed by atoms with Gasteiger partial charge in [-0.05, 0) is 29.7 Å². The van der Waals surface area contributed by atoms with Gasteiger partial charge in [-0.1, -0.05) is 11.6 Å². The van der Waals surface area contributed by atoms with E-state index < -0.39 is 0 Å². The third kappa shape index (κ3) is 2.90. The molecule has 1 atom stereocenters. The van der Waals surface area contributed by atoms with Gasteiger partial charge in [0, 0.05) is 50.7 Å². The van der Waals surface area contributed by atoms with Crippen LogP contribution in [-0.2, 0) is 22.3 Å². The van der Waals surface area contributed by atoms with Crippen molar-refractivity contribution in [2.45, 2.75) is 37.3 Å². The van der Waals surface area contributed by atoms with Crippen LogP contribution in [0.1, 0.15) is 24.0 Å². The van der Waals surface area contributed by atoms with E-state index in [1.165, 1.54) is 5.56 Å². The first-order valence-corrected chi connectivity index (χ1v) is 7.85. The van der Waals surface area contributed by atoms with E-state index in [0.29, 0.717) is 19.6 Å². The molecule has 0 amide bonds. The van der Waals surface area contributed by atoms with Crippen molar-refractivity contribution in [2.75, 3.05) is 26.9 Å². The lowest BCUT2D eigenvalue weighted by Crippen LogP contribution is -2.53. The van der Waals surface area contributed by atoms with E-state index in [9.17, 15) is 0 Å². The number of methoxy groups -OCH3 is 1. The minimum absolute atomic E-state index is 0.0989. The zero-order valence-corrected chi connectivity index (χ0v) is 13.1. The molecule has 0 bridgehead atoms. The topological polar surface area (TPSA) is 53.7 Å². The van der Waals surface area contributed by atoms with E-state index in [2.05, 4.69) is 0 Å². The molecule has 0 radical (unpaired) electrons. The van der Waals surface area contributed by atoms with Gasteiger partial charge < -0.3 is 19.9 Å². The number of rotatable bonds is 4. The summed E-state index contributed by atoms with van der Waals surface area (Å²) in [5, 5.41) is 0.750. The monoisotopic (exact) mass is 311 g/mol. The maximum absolute atomic E-state index is 6.49. The Hall–Kier alpha value is -0.810. The second-order valence-corrected chi connectivity index (χ2v) is 6.28. The highest BCUT2D eigenvalue weighted by Crippen LogP contribution is 2.36. The Labute approximate surface area is 130 Å². The van der Waals surface area contributed by atoms with Crippen molar-refractivity contribution in [3.63, 3.8) is 0 Å². The van der Waals surface area contributed by atoms with Crippen molar-refractivity contribution in [2.24, 2.45) is 5.73 Å². The summed E-state index contributed by atoms with van der Waals surface area (Å²) >= 11 is 6.22. The standard InChI is InChI=1S/C16H22ClNO3/c1-19-16(3-6-20-7-4-16)14(18)10-12-9-13(17)8-11-2-5-21-15(11)12/h8-9,14H,2-7,10,18H2,1H3. The van der Waals surface area contributed by atoms with Crippen LogP contribution in [0.15, 0.2) is 12.1 Å². The molecule has 4 nitrogen and oxygen atoms in total. The average molecular weight is 312 g/mol. The Morgan fingerprint density at radius 1 is 1.33 bits per heavy atom. The molecule has 2 aliphatic heterocycles. The van der Waals surface area contributed by atoms with E-state index in [0.717, 1.165) is 42.2 Å². The van der Waals surface area contributed by atoms with Gasteiger partial charge in [0.15, 0.2) is 0 Å². The van der Waals surface area contributed by atoms with Crippen molar-refractivity contribution in [1.29, 1.82) is 0 Å². The number of ether oxygens (including phenoxy) is 3. The van der Waals surface area contributed by atoms with Gasteiger partial charge in [0.05, 0.1) is 12.2 Å². The zero-order chi connectivity index (χ0) is 14.9. The SMILES string of the molecule is COC1(C(N)Cc2cc(Cl)cc3c2OCC3)CCOCC1. The Morgan fingerprint density at radius 3 is 2.81 bits per heavy atom. The molecule has 5 heteroatoms. The Morgan fingerprint density at radius 2 is 2.10 bits per heavy atom. The molecule has 1 aromatic carbocycles. The third-order valence-corrected chi connectivity index (χ3v) is 4.90. The van der Waals surface area contributed by atoms with Crippen molar-refractivity contribution < 1.29 is 14.2 Å². The summed E-state index contributed by atoms with van der Waals surface area (Å²) in [6, 6.07) is 3.85. The molecule has 2 heterocycles. The molecule has 1 fully saturated rings. The normalized spacial score (nSPS) is 21.7. The highest BCUT2D eigenvalue weighted by molar-refractivity contribution is 6.30. The molecule has 1 unspecified atom stereocenters. The largest absolute Gasteiger partial charge is 0.493 e. The van der Waals surface area contributed by atoms with Crippen LogP contribution in [0.3, 0.4) is 0 Å². The fraction of sp³-hybridized carbons (Fsp3) is 0.625. The Bertz CT molecular complexity index is 514. The number of halogens is 1. The Kier molecular flexibility index (Phi) is 4.41. The summed E-state index contributed by atoms with van der Waals surface area (Å²) < 4.78 is 17.0. The van der Waals surface area contributed by atoms with Crippen LogP contribution in [0.5, 0.6) is 5.75 Å². The predicted octanol–water partition coefficient (Wildman–Crippen LogP) is 2.34. The van der Waals surface area contributed by atoms with Crippen LogP contribution >= 0.6 is 11.6 Å². The number of hydrogen-bond acceptors (Lipinski definition) is 4. The second-order valence-electron chi connectivity index (χ2n) is 5.84. The molecule has 3 rings (SSSR count). The molecule has 0 aliphatic carbocycles. The highest BCUT2D eigenvalue weighted by Gasteiger charge is 2.39. The van der Waals surface area contributed by atoms with E-state index in [4.69, 9.17) is 31.5 Å².